The number of hydrogen-bond donors (Lipinski definition) is 3. The molecule has 1 aromatic heterocycles. The number of halogens is 2. The molecule has 3 heterocycles. The average Bonchev–Trinajstić information content (AvgIpc) is 3.10. The van der Waals surface area contributed by atoms with Gasteiger partial charge in [-0.1, -0.05) is 41.0 Å². The Morgan fingerprint density at radius 1 is 1.32 bits per heavy atom. The molecule has 2 aromatic rings. The second kappa shape index (κ2) is 6.09. The molecule has 9 heteroatoms. The van der Waals surface area contributed by atoms with E-state index in [1.807, 2.05) is 0 Å². The summed E-state index contributed by atoms with van der Waals surface area (Å²) in [6, 6.07) is 5.70. The molecule has 5 N–H and O–H groups in total. The van der Waals surface area contributed by atoms with Crippen molar-refractivity contribution in [3.8, 4) is 0 Å². The van der Waals surface area contributed by atoms with Crippen molar-refractivity contribution in [2.24, 2.45) is 5.73 Å². The van der Waals surface area contributed by atoms with Crippen LogP contribution in [0.1, 0.15) is 25.3 Å². The molecule has 2 aliphatic rings. The number of fused-ring (bicyclic) bond motifs is 1. The standard InChI is InChI=1S/C16H18Cl2N6S/c1-8-4-3-7-24(8)15-21-13(19)12-14(22-15)25-16(20,23-12)11-9(17)5-2-6-10(11)18/h2,5-6,8,23H,3-4,7,20H2,1H3,(H2,19,21,22). The molecule has 1 fully saturated rings. The van der Waals surface area contributed by atoms with Crippen molar-refractivity contribution in [1.82, 2.24) is 9.97 Å². The molecular formula is C16H18Cl2N6S. The third kappa shape index (κ3) is 2.79. The highest BCUT2D eigenvalue weighted by Crippen LogP contribution is 2.52. The second-order valence-electron chi connectivity index (χ2n) is 6.33. The van der Waals surface area contributed by atoms with E-state index in [1.165, 1.54) is 11.8 Å². The molecular weight excluding hydrogens is 379 g/mol. The van der Waals surface area contributed by atoms with Gasteiger partial charge in [-0.3, -0.25) is 5.73 Å². The lowest BCUT2D eigenvalue weighted by atomic mass is 10.1. The van der Waals surface area contributed by atoms with Crippen LogP contribution in [-0.2, 0) is 4.99 Å². The molecule has 1 aromatic carbocycles. The van der Waals surface area contributed by atoms with E-state index in [4.69, 9.17) is 39.7 Å². The van der Waals surface area contributed by atoms with E-state index in [1.54, 1.807) is 18.2 Å². The molecule has 0 aliphatic carbocycles. The van der Waals surface area contributed by atoms with Gasteiger partial charge in [-0.05, 0) is 31.9 Å². The van der Waals surface area contributed by atoms with Crippen LogP contribution in [0.2, 0.25) is 10.0 Å². The predicted molar refractivity (Wildman–Crippen MR) is 104 cm³/mol. The van der Waals surface area contributed by atoms with Gasteiger partial charge in [0.2, 0.25) is 5.95 Å². The van der Waals surface area contributed by atoms with E-state index in [9.17, 15) is 0 Å². The molecule has 2 aliphatic heterocycles. The Hall–Kier alpha value is -1.41. The first-order chi connectivity index (χ1) is 11.9. The first-order valence-electron chi connectivity index (χ1n) is 8.04. The number of thioether (sulfide) groups is 1. The fourth-order valence-corrected chi connectivity index (χ4v) is 5.30. The minimum Gasteiger partial charge on any atom is -0.382 e. The Labute approximate surface area is 160 Å². The highest BCUT2D eigenvalue weighted by Gasteiger charge is 2.42. The Balaban J connectivity index is 1.74. The first kappa shape index (κ1) is 17.0. The summed E-state index contributed by atoms with van der Waals surface area (Å²) >= 11 is 14.0. The molecule has 1 saturated heterocycles. The summed E-state index contributed by atoms with van der Waals surface area (Å²) in [5.74, 6) is 1.02. The van der Waals surface area contributed by atoms with E-state index in [0.29, 0.717) is 44.1 Å². The molecule has 4 rings (SSSR count). The number of nitrogens with two attached hydrogens (primary N) is 2. The lowest BCUT2D eigenvalue weighted by Crippen LogP contribution is -2.39. The molecule has 132 valence electrons. The molecule has 0 amide bonds. The van der Waals surface area contributed by atoms with Gasteiger partial charge < -0.3 is 16.0 Å². The van der Waals surface area contributed by atoms with Crippen LogP contribution in [0.3, 0.4) is 0 Å². The van der Waals surface area contributed by atoms with Crippen molar-refractivity contribution in [2.45, 2.75) is 35.8 Å². The summed E-state index contributed by atoms with van der Waals surface area (Å²) in [6.45, 7) is 3.10. The zero-order chi connectivity index (χ0) is 17.8. The summed E-state index contributed by atoms with van der Waals surface area (Å²) in [4.78, 5) is 10.3. The van der Waals surface area contributed by atoms with Gasteiger partial charge in [-0.25, -0.2) is 4.98 Å². The van der Waals surface area contributed by atoms with Gasteiger partial charge >= 0.3 is 0 Å². The third-order valence-electron chi connectivity index (χ3n) is 4.60. The number of nitrogens with one attached hydrogen (secondary N) is 1. The molecule has 6 nitrogen and oxygen atoms in total. The van der Waals surface area contributed by atoms with Crippen LogP contribution >= 0.6 is 35.0 Å². The second-order valence-corrected chi connectivity index (χ2v) is 8.38. The third-order valence-corrected chi connectivity index (χ3v) is 6.35. The zero-order valence-corrected chi connectivity index (χ0v) is 15.9. The quantitative estimate of drug-likeness (QED) is 0.666. The Morgan fingerprint density at radius 3 is 2.68 bits per heavy atom. The van der Waals surface area contributed by atoms with Crippen molar-refractivity contribution >= 4 is 52.4 Å². The Kier molecular flexibility index (Phi) is 4.15. The highest BCUT2D eigenvalue weighted by atomic mass is 35.5. The Morgan fingerprint density at radius 2 is 2.04 bits per heavy atom. The number of rotatable bonds is 2. The zero-order valence-electron chi connectivity index (χ0n) is 13.6. The number of anilines is 3. The highest BCUT2D eigenvalue weighted by molar-refractivity contribution is 8.00. The van der Waals surface area contributed by atoms with E-state index < -0.39 is 4.99 Å². The van der Waals surface area contributed by atoms with Crippen LogP contribution < -0.4 is 21.7 Å². The van der Waals surface area contributed by atoms with Crippen LogP contribution in [0.5, 0.6) is 0 Å². The normalized spacial score (nSPS) is 25.1. The van der Waals surface area contributed by atoms with Gasteiger partial charge in [0.25, 0.3) is 0 Å². The molecule has 2 atom stereocenters. The maximum Gasteiger partial charge on any atom is 0.228 e. The molecule has 0 spiro atoms. The van der Waals surface area contributed by atoms with Crippen LogP contribution in [0.15, 0.2) is 23.2 Å². The van der Waals surface area contributed by atoms with Crippen molar-refractivity contribution in [3.63, 3.8) is 0 Å². The first-order valence-corrected chi connectivity index (χ1v) is 9.61. The monoisotopic (exact) mass is 396 g/mol. The van der Waals surface area contributed by atoms with E-state index in [-0.39, 0.29) is 0 Å². The predicted octanol–water partition coefficient (Wildman–Crippen LogP) is 3.64. The summed E-state index contributed by atoms with van der Waals surface area (Å²) in [7, 11) is 0. The number of hydrogen-bond acceptors (Lipinski definition) is 7. The van der Waals surface area contributed by atoms with E-state index >= 15 is 0 Å². The largest absolute Gasteiger partial charge is 0.382 e. The minimum absolute atomic E-state index is 0.377. The van der Waals surface area contributed by atoms with E-state index in [2.05, 4.69) is 22.1 Å². The van der Waals surface area contributed by atoms with E-state index in [0.717, 1.165) is 19.4 Å². The Bertz CT molecular complexity index is 827. The lowest BCUT2D eigenvalue weighted by Gasteiger charge is -2.26. The fraction of sp³-hybridized carbons (Fsp3) is 0.375. The molecule has 25 heavy (non-hydrogen) atoms. The maximum atomic E-state index is 6.58. The summed E-state index contributed by atoms with van der Waals surface area (Å²) in [6.07, 6.45) is 2.25. The van der Waals surface area contributed by atoms with Gasteiger partial charge in [0.05, 0.1) is 0 Å². The van der Waals surface area contributed by atoms with Crippen molar-refractivity contribution < 1.29 is 0 Å². The maximum absolute atomic E-state index is 6.58. The van der Waals surface area contributed by atoms with Crippen LogP contribution in [0, 0.1) is 0 Å². The SMILES string of the molecule is CC1CCCN1c1nc(N)c2c(n1)SC(N)(c1c(Cl)cccc1Cl)N2. The van der Waals surface area contributed by atoms with Gasteiger partial charge in [0.15, 0.2) is 10.8 Å². The van der Waals surface area contributed by atoms with Crippen molar-refractivity contribution in [3.05, 3.63) is 33.8 Å². The minimum atomic E-state index is -1.05. The molecule has 0 radical (unpaired) electrons. The number of nitrogens with zero attached hydrogens (tertiary/aromatic N) is 3. The van der Waals surface area contributed by atoms with Crippen molar-refractivity contribution in [1.29, 1.82) is 0 Å². The van der Waals surface area contributed by atoms with Gasteiger partial charge in [0, 0.05) is 28.2 Å². The summed E-state index contributed by atoms with van der Waals surface area (Å²) < 4.78 is 0. The summed E-state index contributed by atoms with van der Waals surface area (Å²) in [5, 5.41) is 4.90. The van der Waals surface area contributed by atoms with Crippen LogP contribution in [-0.4, -0.2) is 22.6 Å². The molecule has 0 bridgehead atoms. The summed E-state index contributed by atoms with van der Waals surface area (Å²) in [5.41, 5.74) is 14.0. The number of benzene rings is 1. The average molecular weight is 397 g/mol. The lowest BCUT2D eigenvalue weighted by molar-refractivity contribution is 0.713. The number of aromatic nitrogens is 2. The smallest absolute Gasteiger partial charge is 0.228 e. The van der Waals surface area contributed by atoms with Gasteiger partial charge in [-0.2, -0.15) is 4.98 Å². The number of nitrogen functional groups attached to an aromatic ring is 1. The van der Waals surface area contributed by atoms with Gasteiger partial charge in [0.1, 0.15) is 10.7 Å². The van der Waals surface area contributed by atoms with Crippen LogP contribution in [0.25, 0.3) is 0 Å². The topological polar surface area (TPSA) is 93.1 Å². The molecule has 0 saturated carbocycles. The molecule has 2 unspecified atom stereocenters. The van der Waals surface area contributed by atoms with Gasteiger partial charge in [-0.15, -0.1) is 0 Å². The fourth-order valence-electron chi connectivity index (χ4n) is 3.32. The van der Waals surface area contributed by atoms with Crippen molar-refractivity contribution in [2.75, 3.05) is 22.5 Å². The van der Waals surface area contributed by atoms with Crippen LogP contribution in [0.4, 0.5) is 17.5 Å².